The third-order valence-electron chi connectivity index (χ3n) is 3.39. The van der Waals surface area contributed by atoms with Crippen molar-refractivity contribution >= 4 is 53.1 Å². The van der Waals surface area contributed by atoms with Crippen molar-refractivity contribution in [2.45, 2.75) is 6.42 Å². The van der Waals surface area contributed by atoms with E-state index in [2.05, 4.69) is 20.9 Å². The zero-order chi connectivity index (χ0) is 18.1. The maximum absolute atomic E-state index is 12.8. The molecule has 0 radical (unpaired) electrons. The van der Waals surface area contributed by atoms with Gasteiger partial charge in [0.2, 0.25) is 5.91 Å². The van der Waals surface area contributed by atoms with Crippen molar-refractivity contribution in [3.05, 3.63) is 64.9 Å². The molecule has 0 aromatic heterocycles. The van der Waals surface area contributed by atoms with E-state index in [-0.39, 0.29) is 42.2 Å². The number of benzene rings is 2. The molecule has 26 heavy (non-hydrogen) atoms. The lowest BCUT2D eigenvalue weighted by Gasteiger charge is -2.12. The Kier molecular flexibility index (Phi) is 9.97. The summed E-state index contributed by atoms with van der Waals surface area (Å²) in [6, 6.07) is 13.2. The summed E-state index contributed by atoms with van der Waals surface area (Å²) >= 11 is 5.85. The first kappa shape index (κ1) is 22.2. The molecule has 2 aromatic rings. The van der Waals surface area contributed by atoms with Gasteiger partial charge in [-0.05, 0) is 48.4 Å². The highest BCUT2D eigenvalue weighted by Crippen LogP contribution is 2.09. The van der Waals surface area contributed by atoms with E-state index in [1.807, 2.05) is 24.3 Å². The Labute approximate surface area is 174 Å². The zero-order valence-electron chi connectivity index (χ0n) is 14.3. The van der Waals surface area contributed by atoms with Crippen LogP contribution in [0.3, 0.4) is 0 Å². The maximum atomic E-state index is 12.8. The molecule has 140 valence electrons. The molecule has 0 saturated heterocycles. The number of guanidine groups is 1. The van der Waals surface area contributed by atoms with Crippen molar-refractivity contribution in [3.63, 3.8) is 0 Å². The van der Waals surface area contributed by atoms with Crippen molar-refractivity contribution in [2.75, 3.05) is 25.5 Å². The van der Waals surface area contributed by atoms with Crippen LogP contribution in [0.15, 0.2) is 53.5 Å². The maximum Gasteiger partial charge on any atom is 0.243 e. The van der Waals surface area contributed by atoms with Gasteiger partial charge in [0, 0.05) is 24.3 Å². The van der Waals surface area contributed by atoms with Gasteiger partial charge < -0.3 is 16.0 Å². The van der Waals surface area contributed by atoms with Gasteiger partial charge in [-0.2, -0.15) is 0 Å². The summed E-state index contributed by atoms with van der Waals surface area (Å²) in [6.45, 7) is 0.721. The van der Waals surface area contributed by atoms with Crippen LogP contribution in [0.2, 0.25) is 5.02 Å². The molecule has 8 heteroatoms. The summed E-state index contributed by atoms with van der Waals surface area (Å²) in [5.41, 5.74) is 1.69. The summed E-state index contributed by atoms with van der Waals surface area (Å²) in [5, 5.41) is 9.45. The Morgan fingerprint density at radius 3 is 2.35 bits per heavy atom. The Bertz CT molecular complexity index is 723. The van der Waals surface area contributed by atoms with Crippen LogP contribution in [-0.4, -0.2) is 32.0 Å². The van der Waals surface area contributed by atoms with Crippen molar-refractivity contribution < 1.29 is 9.18 Å². The second kappa shape index (κ2) is 11.7. The lowest BCUT2D eigenvalue weighted by molar-refractivity contribution is -0.115. The molecule has 0 aliphatic rings. The monoisotopic (exact) mass is 490 g/mol. The Morgan fingerprint density at radius 1 is 1.08 bits per heavy atom. The average Bonchev–Trinajstić information content (AvgIpc) is 2.61. The number of hydrogen-bond donors (Lipinski definition) is 3. The van der Waals surface area contributed by atoms with E-state index in [0.29, 0.717) is 23.2 Å². The topological polar surface area (TPSA) is 65.5 Å². The van der Waals surface area contributed by atoms with Crippen molar-refractivity contribution in [1.29, 1.82) is 0 Å². The first-order valence-electron chi connectivity index (χ1n) is 7.81. The van der Waals surface area contributed by atoms with Crippen LogP contribution in [0.1, 0.15) is 5.56 Å². The van der Waals surface area contributed by atoms with Crippen molar-refractivity contribution in [1.82, 2.24) is 10.6 Å². The normalized spacial score (nSPS) is 10.7. The number of carbonyl (C=O) groups is 1. The number of halogens is 3. The average molecular weight is 491 g/mol. The second-order valence-electron chi connectivity index (χ2n) is 5.28. The number of amides is 1. The lowest BCUT2D eigenvalue weighted by Crippen LogP contribution is -2.42. The third-order valence-corrected chi connectivity index (χ3v) is 3.64. The van der Waals surface area contributed by atoms with Gasteiger partial charge >= 0.3 is 0 Å². The van der Waals surface area contributed by atoms with Gasteiger partial charge in [-0.3, -0.25) is 9.79 Å². The molecule has 1 amide bonds. The van der Waals surface area contributed by atoms with E-state index in [1.54, 1.807) is 7.05 Å². The largest absolute Gasteiger partial charge is 0.356 e. The van der Waals surface area contributed by atoms with Crippen molar-refractivity contribution in [2.24, 2.45) is 4.99 Å². The molecular formula is C18H21ClFIN4O. The Hall–Kier alpha value is -1.87. The highest BCUT2D eigenvalue weighted by molar-refractivity contribution is 14.0. The van der Waals surface area contributed by atoms with Gasteiger partial charge in [-0.25, -0.2) is 4.39 Å². The summed E-state index contributed by atoms with van der Waals surface area (Å²) < 4.78 is 12.8. The molecule has 0 aliphatic heterocycles. The van der Waals surface area contributed by atoms with Gasteiger partial charge in [0.25, 0.3) is 0 Å². The Morgan fingerprint density at radius 2 is 1.73 bits per heavy atom. The van der Waals surface area contributed by atoms with Crippen LogP contribution >= 0.6 is 35.6 Å². The second-order valence-corrected chi connectivity index (χ2v) is 5.72. The predicted octanol–water partition coefficient (Wildman–Crippen LogP) is 3.44. The summed E-state index contributed by atoms with van der Waals surface area (Å²) in [7, 11) is 1.63. The van der Waals surface area contributed by atoms with E-state index in [0.717, 1.165) is 12.0 Å². The number of hydrogen-bond acceptors (Lipinski definition) is 2. The van der Waals surface area contributed by atoms with E-state index in [9.17, 15) is 9.18 Å². The lowest BCUT2D eigenvalue weighted by atomic mass is 10.1. The smallest absolute Gasteiger partial charge is 0.243 e. The van der Waals surface area contributed by atoms with Crippen LogP contribution < -0.4 is 16.0 Å². The van der Waals surface area contributed by atoms with Gasteiger partial charge in [-0.15, -0.1) is 24.0 Å². The number of carbonyl (C=O) groups excluding carboxylic acids is 1. The fourth-order valence-electron chi connectivity index (χ4n) is 2.10. The summed E-state index contributed by atoms with van der Waals surface area (Å²) in [6.07, 6.45) is 0.805. The molecule has 0 atom stereocenters. The van der Waals surface area contributed by atoms with Crippen molar-refractivity contribution in [3.8, 4) is 0 Å². The van der Waals surface area contributed by atoms with Crippen LogP contribution in [0.4, 0.5) is 10.1 Å². The fraction of sp³-hybridized carbons (Fsp3) is 0.222. The van der Waals surface area contributed by atoms with Gasteiger partial charge in [0.1, 0.15) is 5.82 Å². The molecule has 2 aromatic carbocycles. The molecule has 0 heterocycles. The minimum absolute atomic E-state index is 0. The molecule has 5 nitrogen and oxygen atoms in total. The highest BCUT2D eigenvalue weighted by Gasteiger charge is 2.04. The molecule has 0 aliphatic carbocycles. The fourth-order valence-corrected chi connectivity index (χ4v) is 2.23. The van der Waals surface area contributed by atoms with Crippen LogP contribution in [-0.2, 0) is 11.2 Å². The first-order chi connectivity index (χ1) is 12.1. The number of nitrogens with one attached hydrogen (secondary N) is 3. The van der Waals surface area contributed by atoms with E-state index in [4.69, 9.17) is 11.6 Å². The number of aliphatic imine (C=N–C) groups is 1. The SMILES string of the molecule is CN=C(NCCc1ccc(Cl)cc1)NCC(=O)Nc1ccc(F)cc1.I. The molecule has 0 unspecified atom stereocenters. The van der Waals surface area contributed by atoms with E-state index in [1.165, 1.54) is 24.3 Å². The molecule has 0 fully saturated rings. The minimum atomic E-state index is -0.346. The third kappa shape index (κ3) is 8.01. The molecular weight excluding hydrogens is 470 g/mol. The molecule has 0 bridgehead atoms. The molecule has 0 saturated carbocycles. The van der Waals surface area contributed by atoms with E-state index >= 15 is 0 Å². The van der Waals surface area contributed by atoms with Crippen LogP contribution in [0.5, 0.6) is 0 Å². The number of nitrogens with zero attached hydrogens (tertiary/aromatic N) is 1. The molecule has 3 N–H and O–H groups in total. The highest BCUT2D eigenvalue weighted by atomic mass is 127. The number of anilines is 1. The molecule has 0 spiro atoms. The quantitative estimate of drug-likeness (QED) is 0.330. The van der Waals surface area contributed by atoms with Gasteiger partial charge in [-0.1, -0.05) is 23.7 Å². The number of rotatable bonds is 6. The van der Waals surface area contributed by atoms with E-state index < -0.39 is 0 Å². The van der Waals surface area contributed by atoms with Gasteiger partial charge in [0.05, 0.1) is 6.54 Å². The summed E-state index contributed by atoms with van der Waals surface area (Å²) in [5.74, 6) is -0.0584. The van der Waals surface area contributed by atoms with Crippen LogP contribution in [0, 0.1) is 5.82 Å². The molecule has 2 rings (SSSR count). The Balaban J connectivity index is 0.00000338. The van der Waals surface area contributed by atoms with Crippen LogP contribution in [0.25, 0.3) is 0 Å². The predicted molar refractivity (Wildman–Crippen MR) is 115 cm³/mol. The summed E-state index contributed by atoms with van der Waals surface area (Å²) in [4.78, 5) is 15.9. The minimum Gasteiger partial charge on any atom is -0.356 e. The van der Waals surface area contributed by atoms with Gasteiger partial charge in [0.15, 0.2) is 5.96 Å². The first-order valence-corrected chi connectivity index (χ1v) is 8.19. The zero-order valence-corrected chi connectivity index (χ0v) is 17.3. The standard InChI is InChI=1S/C18H20ClFN4O.HI/c1-21-18(22-11-10-13-2-4-14(19)5-3-13)23-12-17(25)24-16-8-6-15(20)7-9-16;/h2-9H,10-12H2,1H3,(H,24,25)(H2,21,22,23);1H.